The van der Waals surface area contributed by atoms with E-state index in [2.05, 4.69) is 73.8 Å². The number of nitrogens with zero attached hydrogens (tertiary/aromatic N) is 4. The van der Waals surface area contributed by atoms with Crippen LogP contribution in [0.3, 0.4) is 0 Å². The minimum atomic E-state index is -1.97. The van der Waals surface area contributed by atoms with Gasteiger partial charge >= 0.3 is 23.9 Å². The van der Waals surface area contributed by atoms with Crippen molar-refractivity contribution < 1.29 is 117 Å². The fourth-order valence-electron chi connectivity index (χ4n) is 13.7. The molecule has 28 N–H and O–H groups in total. The number of amides is 14. The third kappa shape index (κ3) is 37.7. The lowest BCUT2D eigenvalue weighted by Gasteiger charge is -2.31. The van der Waals surface area contributed by atoms with Gasteiger partial charge in [0.2, 0.25) is 82.7 Å². The smallest absolute Gasteiger partial charge is 0.326 e. The van der Waals surface area contributed by atoms with Gasteiger partial charge in [-0.15, -0.1) is 0 Å². The molecule has 2 saturated heterocycles. The van der Waals surface area contributed by atoms with Crippen LogP contribution in [0.25, 0.3) is 0 Å². The SMILES string of the molecule is CC(C)C[C@H](NC(=O)[C@H](CC(C)C)NC(=O)[C@H](Cc1ccc(O)cc1)NC(=O)[C@H](CCCN=C(N)N)NC(=O)[C@H](CC(C)C)NC(=O)[C@H](CC(C)C)NC(=O)[C@H](CCC(=O)O)NC(=O)[C@@H]1CCCN1C(=O)[C@H](CC(=O)O)NC(=O)[C@@H](NC(=O)[C@H](CC(=O)O)NC(=O)[C@@H]1CCCN1C(=O)[C@@H](N)[C@@H](C)O)C(C)C)C(=O)NCC(=O)N[C@@H](CCCN=C(N)N)C(=O)O. The Hall–Kier alpha value is -12.1. The van der Waals surface area contributed by atoms with Gasteiger partial charge in [-0.1, -0.05) is 81.4 Å². The van der Waals surface area contributed by atoms with Crippen molar-refractivity contribution in [1.82, 2.24) is 73.6 Å². The minimum absolute atomic E-state index is 0.00952. The molecule has 1 aromatic carbocycles. The van der Waals surface area contributed by atoms with Crippen LogP contribution >= 0.6 is 0 Å². The molecule has 2 heterocycles. The van der Waals surface area contributed by atoms with Gasteiger partial charge < -0.3 is 133 Å². The zero-order valence-corrected chi connectivity index (χ0v) is 72.1. The second-order valence-electron chi connectivity index (χ2n) is 33.0. The number of nitrogens with one attached hydrogen (secondary N) is 12. The molecule has 0 unspecified atom stereocenters. The monoisotopic (exact) mass is 1760 g/mol. The molecule has 2 fully saturated rings. The van der Waals surface area contributed by atoms with E-state index in [9.17, 15) is 117 Å². The summed E-state index contributed by atoms with van der Waals surface area (Å²) < 4.78 is 0. The molecule has 0 spiro atoms. The zero-order chi connectivity index (χ0) is 93.7. The lowest BCUT2D eigenvalue weighted by atomic mass is 9.98. The number of rotatable bonds is 54. The number of carbonyl (C=O) groups is 18. The molecule has 124 heavy (non-hydrogen) atoms. The first-order valence-corrected chi connectivity index (χ1v) is 41.4. The Morgan fingerprint density at radius 3 is 1.21 bits per heavy atom. The van der Waals surface area contributed by atoms with Crippen molar-refractivity contribution in [2.24, 2.45) is 68.2 Å². The number of phenols is 1. The number of hydrogen-bond acceptors (Lipinski definition) is 23. The van der Waals surface area contributed by atoms with Gasteiger partial charge in [-0.2, -0.15) is 0 Å². The van der Waals surface area contributed by atoms with Gasteiger partial charge in [-0.3, -0.25) is 91.5 Å². The second kappa shape index (κ2) is 52.4. The normalized spacial score (nSPS) is 16.9. The van der Waals surface area contributed by atoms with Gasteiger partial charge in [-0.05, 0) is 138 Å². The number of carbonyl (C=O) groups excluding carboxylic acids is 14. The van der Waals surface area contributed by atoms with E-state index >= 15 is 0 Å². The summed E-state index contributed by atoms with van der Waals surface area (Å²) in [6.45, 7) is 17.0. The predicted octanol–water partition coefficient (Wildman–Crippen LogP) is -5.08. The van der Waals surface area contributed by atoms with E-state index in [1.54, 1.807) is 55.4 Å². The molecule has 0 bridgehead atoms. The maximum Gasteiger partial charge on any atom is 0.326 e. The molecular weight excluding hydrogens is 1630 g/mol. The van der Waals surface area contributed by atoms with E-state index in [1.807, 2.05) is 0 Å². The van der Waals surface area contributed by atoms with E-state index in [0.717, 1.165) is 9.80 Å². The standard InChI is InChI=1S/C79H129N21O24/c1-38(2)30-49(64(110)87-37-58(103)88-48(77(123)124)17-13-27-86-79(83)84)91-68(114)52(33-41(7)8)94-70(116)53(34-44-20-22-45(102)23-21-44)95-65(111)46(16-12-26-85-78(81)82)89-67(113)50(31-39(3)4)93-69(115)51(32-40(5)6)92-66(112)47(24-25-59(104)105)90-72(118)56-18-14-28-99(56)75(121)55(36-61(108)109)97-74(120)63(42(9)10)98-71(117)54(35-60(106)107)96-73(119)57-19-15-29-100(57)76(122)62(80)43(11)101/h20-23,38-43,46-57,62-63,101-102H,12-19,24-37,80H2,1-11H3,(H,87,110)(H,88,103)(H,89,113)(H,90,118)(H,91,114)(H,92,112)(H,93,115)(H,94,116)(H,95,111)(H,96,119)(H,97,120)(H,98,117)(H,104,105)(H,106,107)(H,108,109)(H,123,124)(H4,81,82,85)(H4,83,84,86)/t43-,46+,47+,48+,49+,50+,51+,52+,53+,54+,55+,56+,57+,62+,63+/m1/s1. The minimum Gasteiger partial charge on any atom is -0.508 e. The van der Waals surface area contributed by atoms with Crippen LogP contribution in [-0.2, 0) is 92.7 Å². The van der Waals surface area contributed by atoms with Gasteiger partial charge in [0.15, 0.2) is 11.9 Å². The van der Waals surface area contributed by atoms with Gasteiger partial charge in [0.25, 0.3) is 0 Å². The highest BCUT2D eigenvalue weighted by atomic mass is 16.4. The number of carboxylic acids is 4. The van der Waals surface area contributed by atoms with Crippen molar-refractivity contribution in [2.45, 2.75) is 276 Å². The van der Waals surface area contributed by atoms with E-state index in [4.69, 9.17) is 28.7 Å². The molecule has 0 aromatic heterocycles. The van der Waals surface area contributed by atoms with Crippen molar-refractivity contribution in [1.29, 1.82) is 0 Å². The summed E-state index contributed by atoms with van der Waals surface area (Å²) in [5, 5.41) is 89.8. The van der Waals surface area contributed by atoms with Gasteiger partial charge in [0.05, 0.1) is 25.5 Å². The Morgan fingerprint density at radius 2 is 0.798 bits per heavy atom. The number of likely N-dealkylation sites (tertiary alicyclic amines) is 2. The molecule has 45 nitrogen and oxygen atoms in total. The third-order valence-electron chi connectivity index (χ3n) is 20.0. The first-order valence-electron chi connectivity index (χ1n) is 41.4. The molecular formula is C79H129N21O24. The maximum absolute atomic E-state index is 14.9. The number of aliphatic hydroxyl groups excluding tert-OH is 1. The molecule has 45 heteroatoms. The summed E-state index contributed by atoms with van der Waals surface area (Å²) in [7, 11) is 0. The molecule has 0 aliphatic carbocycles. The molecule has 694 valence electrons. The molecule has 14 amide bonds. The number of hydrogen-bond donors (Lipinski definition) is 23. The van der Waals surface area contributed by atoms with Crippen molar-refractivity contribution in [2.75, 3.05) is 32.7 Å². The lowest BCUT2D eigenvalue weighted by molar-refractivity contribution is -0.147. The highest BCUT2D eigenvalue weighted by Crippen LogP contribution is 2.24. The van der Waals surface area contributed by atoms with Gasteiger partial charge in [0.1, 0.15) is 90.3 Å². The fraction of sp³-hybridized carbons (Fsp3) is 0.671. The Morgan fingerprint density at radius 1 is 0.427 bits per heavy atom. The Labute approximate surface area is 718 Å². The summed E-state index contributed by atoms with van der Waals surface area (Å²) in [6.07, 6.45) is -5.17. The van der Waals surface area contributed by atoms with Crippen LogP contribution in [0.2, 0.25) is 0 Å². The summed E-state index contributed by atoms with van der Waals surface area (Å²) in [5.41, 5.74) is 28.2. The molecule has 2 aliphatic rings. The van der Waals surface area contributed by atoms with E-state index in [-0.39, 0.29) is 139 Å². The van der Waals surface area contributed by atoms with E-state index in [0.29, 0.717) is 12.0 Å². The first kappa shape index (κ1) is 106. The number of carboxylic acid groups (broad SMARTS) is 4. The molecule has 15 atom stereocenters. The van der Waals surface area contributed by atoms with Crippen molar-refractivity contribution in [3.63, 3.8) is 0 Å². The highest BCUT2D eigenvalue weighted by molar-refractivity contribution is 6.02. The Kier molecular flexibility index (Phi) is 44.9. The van der Waals surface area contributed by atoms with Crippen LogP contribution < -0.4 is 92.5 Å². The quantitative estimate of drug-likeness (QED) is 0.0165. The van der Waals surface area contributed by atoms with Crippen LogP contribution in [0.4, 0.5) is 0 Å². The Bertz CT molecular complexity index is 3930. The predicted molar refractivity (Wildman–Crippen MR) is 447 cm³/mol. The number of benzene rings is 1. The zero-order valence-electron chi connectivity index (χ0n) is 72.1. The molecule has 3 rings (SSSR count). The van der Waals surface area contributed by atoms with E-state index in [1.165, 1.54) is 45.0 Å². The first-order chi connectivity index (χ1) is 58.0. The average Bonchev–Trinajstić information content (AvgIpc) is 1.63. The average molecular weight is 1760 g/mol. The lowest BCUT2D eigenvalue weighted by Crippen LogP contribution is -2.61. The van der Waals surface area contributed by atoms with Crippen LogP contribution in [-0.4, -0.2) is 282 Å². The molecule has 1 aromatic rings. The third-order valence-corrected chi connectivity index (χ3v) is 20.0. The fourth-order valence-corrected chi connectivity index (χ4v) is 13.7. The highest BCUT2D eigenvalue weighted by Gasteiger charge is 2.44. The number of aliphatic hydroxyl groups is 1. The number of nitrogens with two attached hydrogens (primary N) is 5. The van der Waals surface area contributed by atoms with Crippen LogP contribution in [0, 0.1) is 29.6 Å². The summed E-state index contributed by atoms with van der Waals surface area (Å²) in [4.78, 5) is 257. The van der Waals surface area contributed by atoms with Crippen LogP contribution in [0.1, 0.15) is 184 Å². The summed E-state index contributed by atoms with van der Waals surface area (Å²) in [5.74, 6) is -22.7. The number of aliphatic imine (C=N–C) groups is 2. The molecule has 0 saturated carbocycles. The van der Waals surface area contributed by atoms with Gasteiger partial charge in [0, 0.05) is 39.0 Å². The van der Waals surface area contributed by atoms with E-state index < -0.39 is 241 Å². The van der Waals surface area contributed by atoms with Crippen molar-refractivity contribution in [3.05, 3.63) is 29.8 Å². The van der Waals surface area contributed by atoms with Gasteiger partial charge in [-0.25, -0.2) is 4.79 Å². The molecule has 0 radical (unpaired) electrons. The van der Waals surface area contributed by atoms with Crippen molar-refractivity contribution >= 4 is 118 Å². The Balaban J connectivity index is 1.96. The maximum atomic E-state index is 14.9. The van der Waals surface area contributed by atoms with Crippen molar-refractivity contribution in [3.8, 4) is 5.75 Å². The second-order valence-corrected chi connectivity index (χ2v) is 33.0. The number of aromatic hydroxyl groups is 1. The van der Waals surface area contributed by atoms with Crippen LogP contribution in [0.5, 0.6) is 5.75 Å². The number of phenolic OH excluding ortho intramolecular Hbond substituents is 1. The van der Waals surface area contributed by atoms with Crippen LogP contribution in [0.15, 0.2) is 34.3 Å². The molecule has 2 aliphatic heterocycles. The topological polar surface area (TPSA) is 734 Å². The number of guanidine groups is 2. The largest absolute Gasteiger partial charge is 0.508 e. The summed E-state index contributed by atoms with van der Waals surface area (Å²) >= 11 is 0. The number of aliphatic carboxylic acids is 4. The summed E-state index contributed by atoms with van der Waals surface area (Å²) in [6, 6.07) is -16.2.